The van der Waals surface area contributed by atoms with Crippen LogP contribution in [0.4, 0.5) is 35.9 Å². The number of hydrogen-bond acceptors (Lipinski definition) is 7. The predicted octanol–water partition coefficient (Wildman–Crippen LogP) is 2.16. The van der Waals surface area contributed by atoms with Crippen LogP contribution in [0.1, 0.15) is 5.56 Å². The van der Waals surface area contributed by atoms with Crippen LogP contribution in [0.3, 0.4) is 0 Å². The minimum absolute atomic E-state index is 0.0231. The highest BCUT2D eigenvalue weighted by Crippen LogP contribution is 2.46. The topological polar surface area (TPSA) is 134 Å². The van der Waals surface area contributed by atoms with Crippen molar-refractivity contribution in [3.8, 4) is 0 Å². The van der Waals surface area contributed by atoms with Gasteiger partial charge in [0.15, 0.2) is 5.69 Å². The molecule has 1 rings (SSSR count). The number of nitrogens with zero attached hydrogens (tertiary/aromatic N) is 2. The van der Waals surface area contributed by atoms with Gasteiger partial charge in [-0.1, -0.05) is 0 Å². The molecule has 22 heavy (non-hydrogen) atoms. The molecule has 1 aromatic carbocycles. The van der Waals surface area contributed by atoms with Gasteiger partial charge in [0.2, 0.25) is 0 Å². The fourth-order valence-electron chi connectivity index (χ4n) is 1.69. The summed E-state index contributed by atoms with van der Waals surface area (Å²) in [5.74, 6) is 0. The summed E-state index contributed by atoms with van der Waals surface area (Å²) in [6.07, 6.45) is -5.06. The van der Waals surface area contributed by atoms with Crippen LogP contribution >= 0.6 is 0 Å². The molecule has 0 aliphatic carbocycles. The molecule has 0 atom stereocenters. The second-order valence-corrected chi connectivity index (χ2v) is 4.01. The zero-order valence-electron chi connectivity index (χ0n) is 11.1. The molecule has 0 radical (unpaired) electrons. The van der Waals surface area contributed by atoms with E-state index in [4.69, 9.17) is 5.73 Å². The molecule has 0 unspecified atom stereocenters. The van der Waals surface area contributed by atoms with Crippen molar-refractivity contribution in [3.05, 3.63) is 31.9 Å². The molecule has 3 N–H and O–H groups in total. The van der Waals surface area contributed by atoms with Crippen molar-refractivity contribution in [2.24, 2.45) is 0 Å². The molecule has 122 valence electrons. The summed E-state index contributed by atoms with van der Waals surface area (Å²) in [5.41, 5.74) is -0.625. The number of halogens is 3. The van der Waals surface area contributed by atoms with E-state index in [0.717, 1.165) is 0 Å². The molecular formula is C10H11F3N4O5. The normalized spacial score (nSPS) is 11.3. The van der Waals surface area contributed by atoms with Gasteiger partial charge < -0.3 is 15.8 Å². The summed E-state index contributed by atoms with van der Waals surface area (Å²) in [5, 5.41) is 24.2. The molecule has 12 heteroatoms. The van der Waals surface area contributed by atoms with Crippen LogP contribution in [-0.2, 0) is 10.9 Å². The molecule has 0 heterocycles. The van der Waals surface area contributed by atoms with Gasteiger partial charge in [-0.15, -0.1) is 0 Å². The number of nitrogen functional groups attached to an aromatic ring is 1. The maximum absolute atomic E-state index is 12.8. The average Bonchev–Trinajstić information content (AvgIpc) is 2.36. The summed E-state index contributed by atoms with van der Waals surface area (Å²) >= 11 is 0. The number of alkyl halides is 3. The Hall–Kier alpha value is -2.63. The number of benzene rings is 1. The van der Waals surface area contributed by atoms with Gasteiger partial charge in [-0.3, -0.25) is 20.2 Å². The summed E-state index contributed by atoms with van der Waals surface area (Å²) in [6, 6.07) is 0.164. The molecular weight excluding hydrogens is 313 g/mol. The van der Waals surface area contributed by atoms with E-state index >= 15 is 0 Å². The van der Waals surface area contributed by atoms with Gasteiger partial charge in [0.25, 0.3) is 5.69 Å². The SMILES string of the molecule is COCCNc1c([N+](=O)[O-])cc(C(F)(F)F)c(N)c1[N+](=O)[O-]. The number of hydrogen-bond donors (Lipinski definition) is 2. The first-order chi connectivity index (χ1) is 10.1. The maximum Gasteiger partial charge on any atom is 0.418 e. The summed E-state index contributed by atoms with van der Waals surface area (Å²) < 4.78 is 43.1. The molecule has 0 fully saturated rings. The van der Waals surface area contributed by atoms with Crippen molar-refractivity contribution in [1.82, 2.24) is 0 Å². The van der Waals surface area contributed by atoms with Crippen LogP contribution in [-0.4, -0.2) is 30.1 Å². The number of rotatable bonds is 6. The minimum atomic E-state index is -5.06. The van der Waals surface area contributed by atoms with E-state index in [1.54, 1.807) is 0 Å². The van der Waals surface area contributed by atoms with Crippen molar-refractivity contribution in [1.29, 1.82) is 0 Å². The number of methoxy groups -OCH3 is 1. The van der Waals surface area contributed by atoms with E-state index in [0.29, 0.717) is 0 Å². The summed E-state index contributed by atoms with van der Waals surface area (Å²) in [7, 11) is 1.31. The smallest absolute Gasteiger partial charge is 0.393 e. The fraction of sp³-hybridized carbons (Fsp3) is 0.400. The molecule has 0 spiro atoms. The van der Waals surface area contributed by atoms with E-state index in [1.807, 2.05) is 0 Å². The first-order valence-electron chi connectivity index (χ1n) is 5.66. The van der Waals surface area contributed by atoms with Crippen molar-refractivity contribution in [2.45, 2.75) is 6.18 Å². The standard InChI is InChI=1S/C10H11F3N4O5/c1-22-3-2-15-8-6(16(18)19)4-5(10(11,12)13)7(14)9(8)17(20)21/h4,15H,2-3,14H2,1H3. The number of ether oxygens (including phenoxy) is 1. The third kappa shape index (κ3) is 3.52. The molecule has 0 amide bonds. The van der Waals surface area contributed by atoms with E-state index in [2.05, 4.69) is 10.1 Å². The maximum atomic E-state index is 12.8. The fourth-order valence-corrected chi connectivity index (χ4v) is 1.69. The predicted molar refractivity (Wildman–Crippen MR) is 69.5 cm³/mol. The lowest BCUT2D eigenvalue weighted by Gasteiger charge is -2.14. The van der Waals surface area contributed by atoms with Crippen molar-refractivity contribution >= 4 is 22.7 Å². The van der Waals surface area contributed by atoms with Gasteiger partial charge in [0.1, 0.15) is 5.69 Å². The van der Waals surface area contributed by atoms with Crippen molar-refractivity contribution in [3.63, 3.8) is 0 Å². The molecule has 1 aromatic rings. The highest BCUT2D eigenvalue weighted by atomic mass is 19.4. The summed E-state index contributed by atoms with van der Waals surface area (Å²) in [4.78, 5) is 19.6. The van der Waals surface area contributed by atoms with Gasteiger partial charge in [0, 0.05) is 19.7 Å². The third-order valence-corrected chi connectivity index (χ3v) is 2.61. The number of nitro benzene ring substituents is 2. The Bertz CT molecular complexity index is 605. The molecule has 0 saturated carbocycles. The Kier molecular flexibility index (Phi) is 5.09. The average molecular weight is 324 g/mol. The second-order valence-electron chi connectivity index (χ2n) is 4.01. The van der Waals surface area contributed by atoms with E-state index < -0.39 is 44.3 Å². The monoisotopic (exact) mass is 324 g/mol. The Balaban J connectivity index is 3.62. The number of nitrogens with one attached hydrogen (secondary N) is 1. The van der Waals surface area contributed by atoms with Gasteiger partial charge in [-0.2, -0.15) is 13.2 Å². The highest BCUT2D eigenvalue weighted by molar-refractivity contribution is 5.85. The van der Waals surface area contributed by atoms with Gasteiger partial charge in [-0.05, 0) is 0 Å². The van der Waals surface area contributed by atoms with Crippen LogP contribution in [0.15, 0.2) is 6.07 Å². The number of anilines is 2. The molecule has 9 nitrogen and oxygen atoms in total. The van der Waals surface area contributed by atoms with Gasteiger partial charge in [-0.25, -0.2) is 0 Å². The quantitative estimate of drug-likeness (QED) is 0.354. The Morgan fingerprint density at radius 1 is 1.32 bits per heavy atom. The lowest BCUT2D eigenvalue weighted by Crippen LogP contribution is -2.16. The van der Waals surface area contributed by atoms with Gasteiger partial charge >= 0.3 is 11.9 Å². The molecule has 0 aliphatic rings. The molecule has 0 saturated heterocycles. The van der Waals surface area contributed by atoms with Crippen LogP contribution < -0.4 is 11.1 Å². The minimum Gasteiger partial charge on any atom is -0.393 e. The second kappa shape index (κ2) is 6.43. The Labute approximate surface area is 121 Å². The zero-order valence-corrected chi connectivity index (χ0v) is 11.1. The van der Waals surface area contributed by atoms with Crippen LogP contribution in [0.5, 0.6) is 0 Å². The van der Waals surface area contributed by atoms with Crippen LogP contribution in [0.2, 0.25) is 0 Å². The zero-order chi connectivity index (χ0) is 17.1. The van der Waals surface area contributed by atoms with E-state index in [9.17, 15) is 33.4 Å². The lowest BCUT2D eigenvalue weighted by atomic mass is 10.1. The molecule has 0 aliphatic heterocycles. The van der Waals surface area contributed by atoms with E-state index in [-0.39, 0.29) is 19.2 Å². The number of nitro groups is 2. The Morgan fingerprint density at radius 2 is 1.91 bits per heavy atom. The molecule has 0 bridgehead atoms. The first kappa shape index (κ1) is 17.4. The Morgan fingerprint density at radius 3 is 2.32 bits per heavy atom. The molecule has 0 aromatic heterocycles. The number of nitrogens with two attached hydrogens (primary N) is 1. The van der Waals surface area contributed by atoms with Gasteiger partial charge in [0.05, 0.1) is 22.0 Å². The largest absolute Gasteiger partial charge is 0.418 e. The third-order valence-electron chi connectivity index (χ3n) is 2.61. The first-order valence-corrected chi connectivity index (χ1v) is 5.66. The summed E-state index contributed by atoms with van der Waals surface area (Å²) in [6.45, 7) is -0.0712. The lowest BCUT2D eigenvalue weighted by molar-refractivity contribution is -0.392. The van der Waals surface area contributed by atoms with Crippen LogP contribution in [0.25, 0.3) is 0 Å². The van der Waals surface area contributed by atoms with Crippen molar-refractivity contribution in [2.75, 3.05) is 31.3 Å². The van der Waals surface area contributed by atoms with E-state index in [1.165, 1.54) is 7.11 Å². The van der Waals surface area contributed by atoms with Crippen LogP contribution in [0, 0.1) is 20.2 Å². The highest BCUT2D eigenvalue weighted by Gasteiger charge is 2.41. The van der Waals surface area contributed by atoms with Crippen molar-refractivity contribution < 1.29 is 27.8 Å².